The summed E-state index contributed by atoms with van der Waals surface area (Å²) in [4.78, 5) is 17.4. The molecule has 4 aromatic rings. The van der Waals surface area contributed by atoms with Crippen LogP contribution in [0.2, 0.25) is 0 Å². The Morgan fingerprint density at radius 2 is 1.68 bits per heavy atom. The molecule has 0 unspecified atom stereocenters. The van der Waals surface area contributed by atoms with Crippen LogP contribution < -0.4 is 10.1 Å². The third-order valence-electron chi connectivity index (χ3n) is 4.61. The first-order valence-corrected chi connectivity index (χ1v) is 10.7. The fourth-order valence-corrected chi connectivity index (χ4v) is 3.31. The van der Waals surface area contributed by atoms with Crippen LogP contribution in [0, 0.1) is 6.92 Å². The van der Waals surface area contributed by atoms with Gasteiger partial charge in [-0.2, -0.15) is 0 Å². The van der Waals surface area contributed by atoms with Gasteiger partial charge in [0.15, 0.2) is 5.82 Å². The highest BCUT2D eigenvalue weighted by Gasteiger charge is 2.19. The average molecular weight is 477 g/mol. The van der Waals surface area contributed by atoms with E-state index in [4.69, 9.17) is 4.74 Å². The molecule has 0 atom stereocenters. The van der Waals surface area contributed by atoms with Crippen molar-refractivity contribution >= 4 is 27.5 Å². The lowest BCUT2D eigenvalue weighted by atomic mass is 10.1. The molecule has 31 heavy (non-hydrogen) atoms. The predicted molar refractivity (Wildman–Crippen MR) is 125 cm³/mol. The molecule has 7 heteroatoms. The summed E-state index contributed by atoms with van der Waals surface area (Å²) in [5.41, 5.74) is 3.48. The maximum Gasteiger partial charge on any atom is 0.295 e. The van der Waals surface area contributed by atoms with Gasteiger partial charge in [0.05, 0.1) is 12.3 Å². The van der Waals surface area contributed by atoms with Crippen molar-refractivity contribution in [2.75, 3.05) is 11.9 Å². The molecule has 0 aliphatic heterocycles. The van der Waals surface area contributed by atoms with Crippen molar-refractivity contribution in [1.82, 2.24) is 14.8 Å². The van der Waals surface area contributed by atoms with Crippen molar-refractivity contribution < 1.29 is 9.53 Å². The summed E-state index contributed by atoms with van der Waals surface area (Å²) in [6.45, 7) is 4.54. The SMILES string of the molecule is CCOc1ccc(NC(=O)c2nc(-c3ccc(C)cc3)n(-c3ccc(Br)cc3)n2)cc1. The topological polar surface area (TPSA) is 69.0 Å². The normalized spacial score (nSPS) is 10.7. The van der Waals surface area contributed by atoms with Crippen LogP contribution in [0.3, 0.4) is 0 Å². The Balaban J connectivity index is 1.67. The van der Waals surface area contributed by atoms with Gasteiger partial charge in [-0.05, 0) is 62.4 Å². The molecule has 0 aliphatic rings. The largest absolute Gasteiger partial charge is 0.494 e. The molecule has 0 radical (unpaired) electrons. The van der Waals surface area contributed by atoms with E-state index in [1.807, 2.05) is 74.5 Å². The van der Waals surface area contributed by atoms with Gasteiger partial charge >= 0.3 is 0 Å². The van der Waals surface area contributed by atoms with E-state index < -0.39 is 0 Å². The first-order chi connectivity index (χ1) is 15.0. The van der Waals surface area contributed by atoms with Gasteiger partial charge < -0.3 is 10.1 Å². The number of ether oxygens (including phenoxy) is 1. The number of aryl methyl sites for hydroxylation is 1. The quantitative estimate of drug-likeness (QED) is 0.389. The number of carbonyl (C=O) groups is 1. The van der Waals surface area contributed by atoms with Crippen LogP contribution in [0.25, 0.3) is 17.1 Å². The van der Waals surface area contributed by atoms with Gasteiger partial charge in [0.1, 0.15) is 5.75 Å². The van der Waals surface area contributed by atoms with Crippen molar-refractivity contribution in [2.24, 2.45) is 0 Å². The Morgan fingerprint density at radius 1 is 1.00 bits per heavy atom. The summed E-state index contributed by atoms with van der Waals surface area (Å²) in [6.07, 6.45) is 0. The standard InChI is InChI=1S/C24H21BrN4O2/c1-3-31-21-14-10-19(11-15-21)26-24(30)22-27-23(17-6-4-16(2)5-7-17)29(28-22)20-12-8-18(25)9-13-20/h4-15H,3H2,1-2H3,(H,26,30). The van der Waals surface area contributed by atoms with Crippen LogP contribution in [0.1, 0.15) is 23.1 Å². The van der Waals surface area contributed by atoms with Gasteiger partial charge in [0, 0.05) is 15.7 Å². The lowest BCUT2D eigenvalue weighted by Gasteiger charge is -2.06. The van der Waals surface area contributed by atoms with Crippen molar-refractivity contribution in [1.29, 1.82) is 0 Å². The van der Waals surface area contributed by atoms with Crippen LogP contribution in [-0.2, 0) is 0 Å². The predicted octanol–water partition coefficient (Wildman–Crippen LogP) is 5.66. The van der Waals surface area contributed by atoms with E-state index in [-0.39, 0.29) is 11.7 Å². The highest BCUT2D eigenvalue weighted by Crippen LogP contribution is 2.23. The van der Waals surface area contributed by atoms with Gasteiger partial charge in [-0.3, -0.25) is 4.79 Å². The van der Waals surface area contributed by atoms with Crippen LogP contribution in [0.5, 0.6) is 5.75 Å². The van der Waals surface area contributed by atoms with Gasteiger partial charge in [0.2, 0.25) is 5.82 Å². The smallest absolute Gasteiger partial charge is 0.295 e. The van der Waals surface area contributed by atoms with Crippen molar-refractivity contribution in [3.8, 4) is 22.8 Å². The summed E-state index contributed by atoms with van der Waals surface area (Å²) >= 11 is 3.45. The number of hydrogen-bond acceptors (Lipinski definition) is 4. The number of anilines is 1. The molecule has 0 saturated carbocycles. The molecule has 1 heterocycles. The minimum absolute atomic E-state index is 0.0902. The van der Waals surface area contributed by atoms with E-state index in [2.05, 4.69) is 31.3 Å². The summed E-state index contributed by atoms with van der Waals surface area (Å²) in [7, 11) is 0. The van der Waals surface area contributed by atoms with Crippen LogP contribution in [-0.4, -0.2) is 27.3 Å². The minimum Gasteiger partial charge on any atom is -0.494 e. The van der Waals surface area contributed by atoms with E-state index >= 15 is 0 Å². The molecular formula is C24H21BrN4O2. The van der Waals surface area contributed by atoms with Crippen molar-refractivity contribution in [3.05, 3.63) is 88.7 Å². The minimum atomic E-state index is -0.381. The molecule has 4 rings (SSSR count). The van der Waals surface area contributed by atoms with Crippen LogP contribution in [0.15, 0.2) is 77.3 Å². The Kier molecular flexibility index (Phi) is 6.13. The number of carbonyl (C=O) groups excluding carboxylic acids is 1. The lowest BCUT2D eigenvalue weighted by molar-refractivity contribution is 0.101. The van der Waals surface area contributed by atoms with Crippen molar-refractivity contribution in [3.63, 3.8) is 0 Å². The number of nitrogens with zero attached hydrogens (tertiary/aromatic N) is 3. The molecule has 0 saturated heterocycles. The van der Waals surface area contributed by atoms with E-state index in [1.54, 1.807) is 16.8 Å². The third-order valence-corrected chi connectivity index (χ3v) is 5.14. The number of benzene rings is 3. The Morgan fingerprint density at radius 3 is 2.32 bits per heavy atom. The zero-order valence-corrected chi connectivity index (χ0v) is 18.8. The fraction of sp³-hybridized carbons (Fsp3) is 0.125. The zero-order valence-electron chi connectivity index (χ0n) is 17.2. The zero-order chi connectivity index (χ0) is 21.8. The first kappa shape index (κ1) is 20.8. The Labute approximate surface area is 189 Å². The molecule has 0 spiro atoms. The highest BCUT2D eigenvalue weighted by molar-refractivity contribution is 9.10. The van der Waals surface area contributed by atoms with Gasteiger partial charge in [-0.1, -0.05) is 45.8 Å². The summed E-state index contributed by atoms with van der Waals surface area (Å²) in [5.74, 6) is 1.06. The molecule has 3 aromatic carbocycles. The first-order valence-electron chi connectivity index (χ1n) is 9.88. The highest BCUT2D eigenvalue weighted by atomic mass is 79.9. The number of nitrogens with one attached hydrogen (secondary N) is 1. The van der Waals surface area contributed by atoms with Crippen LogP contribution in [0.4, 0.5) is 5.69 Å². The second-order valence-electron chi connectivity index (χ2n) is 6.92. The lowest BCUT2D eigenvalue weighted by Crippen LogP contribution is -2.14. The number of aromatic nitrogens is 3. The molecule has 156 valence electrons. The number of hydrogen-bond donors (Lipinski definition) is 1. The van der Waals surface area contributed by atoms with Gasteiger partial charge in [0.25, 0.3) is 5.91 Å². The van der Waals surface area contributed by atoms with Crippen LogP contribution >= 0.6 is 15.9 Å². The molecule has 0 fully saturated rings. The number of amides is 1. The second kappa shape index (κ2) is 9.14. The summed E-state index contributed by atoms with van der Waals surface area (Å²) < 4.78 is 8.08. The maximum atomic E-state index is 12.9. The molecule has 6 nitrogen and oxygen atoms in total. The maximum absolute atomic E-state index is 12.9. The molecule has 0 bridgehead atoms. The van der Waals surface area contributed by atoms with E-state index in [0.29, 0.717) is 18.1 Å². The summed E-state index contributed by atoms with van der Waals surface area (Å²) in [6, 6.07) is 22.9. The second-order valence-corrected chi connectivity index (χ2v) is 7.84. The average Bonchev–Trinajstić information content (AvgIpc) is 3.22. The van der Waals surface area contributed by atoms with E-state index in [1.165, 1.54) is 0 Å². The number of halogens is 1. The molecular weight excluding hydrogens is 456 g/mol. The number of rotatable bonds is 6. The van der Waals surface area contributed by atoms with E-state index in [9.17, 15) is 4.79 Å². The Bertz CT molecular complexity index is 1120. The Hall–Kier alpha value is -3.45. The monoisotopic (exact) mass is 476 g/mol. The third kappa shape index (κ3) is 4.83. The summed E-state index contributed by atoms with van der Waals surface area (Å²) in [5, 5.41) is 7.35. The molecule has 1 amide bonds. The van der Waals surface area contributed by atoms with E-state index in [0.717, 1.165) is 27.0 Å². The fourth-order valence-electron chi connectivity index (χ4n) is 3.05. The molecule has 0 aliphatic carbocycles. The van der Waals surface area contributed by atoms with Gasteiger partial charge in [-0.25, -0.2) is 9.67 Å². The van der Waals surface area contributed by atoms with Gasteiger partial charge in [-0.15, -0.1) is 5.10 Å². The van der Waals surface area contributed by atoms with Crippen molar-refractivity contribution in [2.45, 2.75) is 13.8 Å². The molecule has 1 N–H and O–H groups in total. The molecule has 1 aromatic heterocycles.